The second kappa shape index (κ2) is 7.31. The Balaban J connectivity index is 2.39. The maximum absolute atomic E-state index is 8.64. The highest BCUT2D eigenvalue weighted by molar-refractivity contribution is 9.11. The quantitative estimate of drug-likeness (QED) is 0.617. The molecule has 1 aromatic heterocycles. The van der Waals surface area contributed by atoms with E-state index in [2.05, 4.69) is 22.9 Å². The van der Waals surface area contributed by atoms with E-state index in [9.17, 15) is 0 Å². The van der Waals surface area contributed by atoms with Crippen LogP contribution < -0.4 is 4.65 Å². The second-order valence-corrected chi connectivity index (χ2v) is 5.78. The molecule has 0 spiro atoms. The van der Waals surface area contributed by atoms with Gasteiger partial charge in [0, 0.05) is 0 Å². The summed E-state index contributed by atoms with van der Waals surface area (Å²) in [6.45, 7) is 2.22. The summed E-state index contributed by atoms with van der Waals surface area (Å²) in [6.07, 6.45) is 6.17. The Hall–Kier alpha value is 0.00494. The lowest BCUT2D eigenvalue weighted by molar-refractivity contribution is 0.460. The molecular weight excluding hydrogens is 275 g/mol. The standard InChI is InChI=1S/C10H16BBrO2S/c1-2-3-4-5-6-8-7-9(14-11-13)15-10(8)12/h7,11,13H,2-6H2,1H3. The van der Waals surface area contributed by atoms with Crippen molar-refractivity contribution in [2.45, 2.75) is 39.0 Å². The van der Waals surface area contributed by atoms with E-state index in [1.807, 2.05) is 6.07 Å². The zero-order valence-electron chi connectivity index (χ0n) is 8.96. The van der Waals surface area contributed by atoms with E-state index in [1.165, 1.54) is 42.6 Å². The number of unbranched alkanes of at least 4 members (excludes halogenated alkanes) is 3. The third kappa shape index (κ3) is 4.57. The van der Waals surface area contributed by atoms with Gasteiger partial charge in [-0.25, -0.2) is 0 Å². The smallest absolute Gasteiger partial charge is 0.504 e. The van der Waals surface area contributed by atoms with Crippen molar-refractivity contribution in [2.75, 3.05) is 0 Å². The molecule has 0 unspecified atom stereocenters. The topological polar surface area (TPSA) is 29.5 Å². The van der Waals surface area contributed by atoms with Crippen LogP contribution in [0, 0.1) is 0 Å². The Morgan fingerprint density at radius 1 is 1.47 bits per heavy atom. The minimum Gasteiger partial charge on any atom is -0.531 e. The van der Waals surface area contributed by atoms with Crippen molar-refractivity contribution in [3.63, 3.8) is 0 Å². The van der Waals surface area contributed by atoms with Gasteiger partial charge in [-0.05, 0) is 40.4 Å². The highest BCUT2D eigenvalue weighted by Gasteiger charge is 2.07. The number of aryl methyl sites for hydroxylation is 1. The van der Waals surface area contributed by atoms with Crippen LogP contribution in [0.4, 0.5) is 0 Å². The van der Waals surface area contributed by atoms with Gasteiger partial charge in [0.1, 0.15) is 0 Å². The summed E-state index contributed by atoms with van der Waals surface area (Å²) in [7, 11) is -0.248. The Labute approximate surface area is 104 Å². The van der Waals surface area contributed by atoms with Gasteiger partial charge in [-0.3, -0.25) is 0 Å². The van der Waals surface area contributed by atoms with Crippen LogP contribution in [-0.4, -0.2) is 12.7 Å². The lowest BCUT2D eigenvalue weighted by atomic mass is 10.1. The van der Waals surface area contributed by atoms with E-state index in [0.29, 0.717) is 0 Å². The lowest BCUT2D eigenvalue weighted by Crippen LogP contribution is -1.97. The SMILES string of the molecule is CCCCCCc1cc(OBO)sc1Br. The lowest BCUT2D eigenvalue weighted by Gasteiger charge is -1.98. The van der Waals surface area contributed by atoms with Crippen LogP contribution in [0.2, 0.25) is 0 Å². The predicted octanol–water partition coefficient (Wildman–Crippen LogP) is 3.27. The van der Waals surface area contributed by atoms with Gasteiger partial charge < -0.3 is 9.68 Å². The largest absolute Gasteiger partial charge is 0.531 e. The number of hydrogen-bond acceptors (Lipinski definition) is 3. The molecule has 0 aliphatic rings. The monoisotopic (exact) mass is 290 g/mol. The van der Waals surface area contributed by atoms with Gasteiger partial charge in [0.2, 0.25) is 0 Å². The van der Waals surface area contributed by atoms with Crippen LogP contribution in [0.3, 0.4) is 0 Å². The molecule has 1 rings (SSSR count). The maximum Gasteiger partial charge on any atom is 0.504 e. The molecule has 0 bridgehead atoms. The molecule has 1 heterocycles. The minimum absolute atomic E-state index is 0.248. The van der Waals surface area contributed by atoms with E-state index in [1.54, 1.807) is 0 Å². The predicted molar refractivity (Wildman–Crippen MR) is 69.9 cm³/mol. The summed E-state index contributed by atoms with van der Waals surface area (Å²) in [5.74, 6) is 0. The number of hydrogen-bond donors (Lipinski definition) is 1. The zero-order chi connectivity index (χ0) is 11.1. The zero-order valence-corrected chi connectivity index (χ0v) is 11.4. The average molecular weight is 291 g/mol. The normalized spacial score (nSPS) is 10.3. The number of rotatable bonds is 7. The fourth-order valence-electron chi connectivity index (χ4n) is 1.43. The van der Waals surface area contributed by atoms with Gasteiger partial charge in [0.25, 0.3) is 0 Å². The molecule has 0 saturated heterocycles. The Morgan fingerprint density at radius 3 is 2.93 bits per heavy atom. The van der Waals surface area contributed by atoms with Crippen molar-refractivity contribution in [3.8, 4) is 5.06 Å². The molecule has 5 heteroatoms. The van der Waals surface area contributed by atoms with Gasteiger partial charge in [0.15, 0.2) is 5.06 Å². The van der Waals surface area contributed by atoms with Crippen molar-refractivity contribution in [3.05, 3.63) is 15.4 Å². The highest BCUT2D eigenvalue weighted by Crippen LogP contribution is 2.34. The molecule has 0 radical (unpaired) electrons. The molecule has 0 aliphatic heterocycles. The van der Waals surface area contributed by atoms with E-state index in [4.69, 9.17) is 9.68 Å². The molecule has 0 atom stereocenters. The van der Waals surface area contributed by atoms with Crippen LogP contribution in [0.25, 0.3) is 0 Å². The molecule has 0 saturated carbocycles. The third-order valence-electron chi connectivity index (χ3n) is 2.24. The van der Waals surface area contributed by atoms with E-state index < -0.39 is 0 Å². The van der Waals surface area contributed by atoms with Crippen molar-refractivity contribution in [1.29, 1.82) is 0 Å². The number of thiophene rings is 1. The van der Waals surface area contributed by atoms with Crippen LogP contribution in [0.1, 0.15) is 38.2 Å². The highest BCUT2D eigenvalue weighted by atomic mass is 79.9. The van der Waals surface area contributed by atoms with Crippen LogP contribution >= 0.6 is 27.3 Å². The summed E-state index contributed by atoms with van der Waals surface area (Å²) in [5.41, 5.74) is 1.29. The molecule has 84 valence electrons. The summed E-state index contributed by atoms with van der Waals surface area (Å²) in [4.78, 5) is 0. The first-order chi connectivity index (χ1) is 7.27. The van der Waals surface area contributed by atoms with Crippen LogP contribution in [0.15, 0.2) is 9.85 Å². The van der Waals surface area contributed by atoms with Gasteiger partial charge in [-0.1, -0.05) is 37.5 Å². The van der Waals surface area contributed by atoms with Gasteiger partial charge >= 0.3 is 7.69 Å². The fraction of sp³-hybridized carbons (Fsp3) is 0.600. The molecule has 15 heavy (non-hydrogen) atoms. The molecule has 0 aromatic carbocycles. The van der Waals surface area contributed by atoms with Gasteiger partial charge in [-0.15, -0.1) is 0 Å². The molecular formula is C10H16BBrO2S. The molecule has 0 fully saturated rings. The average Bonchev–Trinajstić information content (AvgIpc) is 2.55. The summed E-state index contributed by atoms with van der Waals surface area (Å²) < 4.78 is 6.17. The molecule has 1 N–H and O–H groups in total. The van der Waals surface area contributed by atoms with Gasteiger partial charge in [-0.2, -0.15) is 0 Å². The number of halogens is 1. The van der Waals surface area contributed by atoms with Crippen molar-refractivity contribution >= 4 is 35.0 Å². The summed E-state index contributed by atoms with van der Waals surface area (Å²) in [6, 6.07) is 2.01. The molecule has 1 aromatic rings. The molecule has 0 aliphatic carbocycles. The maximum atomic E-state index is 8.64. The summed E-state index contributed by atoms with van der Waals surface area (Å²) >= 11 is 5.05. The Morgan fingerprint density at radius 2 is 2.27 bits per heavy atom. The van der Waals surface area contributed by atoms with E-state index in [0.717, 1.165) is 15.3 Å². The second-order valence-electron chi connectivity index (χ2n) is 3.45. The van der Waals surface area contributed by atoms with Gasteiger partial charge in [0.05, 0.1) is 3.79 Å². The molecule has 0 amide bonds. The van der Waals surface area contributed by atoms with E-state index in [-0.39, 0.29) is 7.69 Å². The third-order valence-corrected chi connectivity index (χ3v) is 4.11. The Bertz CT molecular complexity index is 291. The first-order valence-electron chi connectivity index (χ1n) is 5.29. The van der Waals surface area contributed by atoms with Crippen LogP contribution in [0.5, 0.6) is 5.06 Å². The van der Waals surface area contributed by atoms with Crippen molar-refractivity contribution in [1.82, 2.24) is 0 Å². The summed E-state index contributed by atoms with van der Waals surface area (Å²) in [5, 5.41) is 9.42. The van der Waals surface area contributed by atoms with Crippen LogP contribution in [-0.2, 0) is 6.42 Å². The first-order valence-corrected chi connectivity index (χ1v) is 6.90. The first kappa shape index (κ1) is 13.1. The Kier molecular flexibility index (Phi) is 6.37. The van der Waals surface area contributed by atoms with E-state index >= 15 is 0 Å². The molecule has 2 nitrogen and oxygen atoms in total. The minimum atomic E-state index is -0.248. The van der Waals surface area contributed by atoms with Crippen molar-refractivity contribution < 1.29 is 9.68 Å². The fourth-order valence-corrected chi connectivity index (χ4v) is 3.00. The van der Waals surface area contributed by atoms with Crippen molar-refractivity contribution in [2.24, 2.45) is 0 Å².